The lowest BCUT2D eigenvalue weighted by atomic mass is 10.0. The molecule has 0 spiro atoms. The molecular formula is C11H13N3O2. The maximum Gasteiger partial charge on any atom is 0.167 e. The molecule has 0 atom stereocenters. The lowest BCUT2D eigenvalue weighted by Crippen LogP contribution is -1.89. The molecule has 2 aromatic rings. The SMILES string of the molecule is COc1ccc(C)c(-c2cc(N)n[nH]2)c1O. The van der Waals surface area contributed by atoms with Gasteiger partial charge in [-0.1, -0.05) is 6.07 Å². The first kappa shape index (κ1) is 10.4. The minimum Gasteiger partial charge on any atom is -0.504 e. The minimum absolute atomic E-state index is 0.0890. The zero-order chi connectivity index (χ0) is 11.7. The summed E-state index contributed by atoms with van der Waals surface area (Å²) in [5, 5.41) is 16.6. The largest absolute Gasteiger partial charge is 0.504 e. The van der Waals surface area contributed by atoms with Gasteiger partial charge in [-0.3, -0.25) is 5.10 Å². The molecule has 0 aliphatic carbocycles. The van der Waals surface area contributed by atoms with E-state index in [0.29, 0.717) is 22.8 Å². The predicted octanol–water partition coefficient (Wildman–Crippen LogP) is 1.68. The number of phenols is 1. The molecular weight excluding hydrogens is 206 g/mol. The van der Waals surface area contributed by atoms with Crippen molar-refractivity contribution < 1.29 is 9.84 Å². The van der Waals surface area contributed by atoms with Crippen molar-refractivity contribution in [2.75, 3.05) is 12.8 Å². The fraction of sp³-hybridized carbons (Fsp3) is 0.182. The average Bonchev–Trinajstić information content (AvgIpc) is 2.65. The van der Waals surface area contributed by atoms with Crippen LogP contribution in [0.2, 0.25) is 0 Å². The van der Waals surface area contributed by atoms with Crippen molar-refractivity contribution in [3.63, 3.8) is 0 Å². The van der Waals surface area contributed by atoms with Crippen molar-refractivity contribution in [3.8, 4) is 22.8 Å². The summed E-state index contributed by atoms with van der Waals surface area (Å²) in [4.78, 5) is 0. The van der Waals surface area contributed by atoms with Crippen LogP contribution in [0.1, 0.15) is 5.56 Å². The maximum absolute atomic E-state index is 10.0. The van der Waals surface area contributed by atoms with E-state index < -0.39 is 0 Å². The molecule has 2 rings (SSSR count). The quantitative estimate of drug-likeness (QED) is 0.717. The van der Waals surface area contributed by atoms with E-state index in [1.807, 2.05) is 13.0 Å². The van der Waals surface area contributed by atoms with Gasteiger partial charge in [0.2, 0.25) is 0 Å². The predicted molar refractivity (Wildman–Crippen MR) is 61.4 cm³/mol. The molecule has 0 unspecified atom stereocenters. The monoisotopic (exact) mass is 219 g/mol. The fourth-order valence-corrected chi connectivity index (χ4v) is 1.64. The Balaban J connectivity index is 2.63. The van der Waals surface area contributed by atoms with Crippen LogP contribution >= 0.6 is 0 Å². The van der Waals surface area contributed by atoms with Crippen LogP contribution in [0, 0.1) is 6.92 Å². The topological polar surface area (TPSA) is 84.2 Å². The van der Waals surface area contributed by atoms with Crippen LogP contribution in [0.15, 0.2) is 18.2 Å². The number of nitrogens with two attached hydrogens (primary N) is 1. The molecule has 0 saturated carbocycles. The van der Waals surface area contributed by atoms with Crippen LogP contribution in [0.4, 0.5) is 5.82 Å². The second-order valence-electron chi connectivity index (χ2n) is 3.51. The van der Waals surface area contributed by atoms with Gasteiger partial charge in [0.05, 0.1) is 12.8 Å². The van der Waals surface area contributed by atoms with Crippen LogP contribution in [-0.2, 0) is 0 Å². The van der Waals surface area contributed by atoms with Gasteiger partial charge in [-0.2, -0.15) is 5.10 Å². The molecule has 4 N–H and O–H groups in total. The molecule has 0 saturated heterocycles. The molecule has 84 valence electrons. The number of nitrogens with one attached hydrogen (secondary N) is 1. The fourth-order valence-electron chi connectivity index (χ4n) is 1.64. The molecule has 0 aliphatic rings. The first-order valence-electron chi connectivity index (χ1n) is 4.81. The Kier molecular flexibility index (Phi) is 2.44. The smallest absolute Gasteiger partial charge is 0.167 e. The van der Waals surface area contributed by atoms with Gasteiger partial charge in [0.1, 0.15) is 5.82 Å². The molecule has 0 fully saturated rings. The molecule has 1 heterocycles. The standard InChI is InChI=1S/C11H13N3O2/c1-6-3-4-8(16-2)11(15)10(6)7-5-9(12)14-13-7/h3-5,15H,1-2H3,(H3,12,13,14). The summed E-state index contributed by atoms with van der Waals surface area (Å²) in [5.41, 5.74) is 7.78. The third-order valence-corrected chi connectivity index (χ3v) is 2.44. The summed E-state index contributed by atoms with van der Waals surface area (Å²) in [7, 11) is 1.51. The lowest BCUT2D eigenvalue weighted by Gasteiger charge is -2.10. The third-order valence-electron chi connectivity index (χ3n) is 2.44. The summed E-state index contributed by atoms with van der Waals surface area (Å²) >= 11 is 0. The Bertz CT molecular complexity index is 520. The molecule has 0 bridgehead atoms. The van der Waals surface area contributed by atoms with E-state index in [2.05, 4.69) is 10.2 Å². The second-order valence-corrected chi connectivity index (χ2v) is 3.51. The number of hydrogen-bond acceptors (Lipinski definition) is 4. The number of aromatic nitrogens is 2. The number of aryl methyl sites for hydroxylation is 1. The van der Waals surface area contributed by atoms with E-state index in [1.54, 1.807) is 12.1 Å². The van der Waals surface area contributed by atoms with Crippen molar-refractivity contribution >= 4 is 5.82 Å². The van der Waals surface area contributed by atoms with Gasteiger partial charge in [0, 0.05) is 11.6 Å². The summed E-state index contributed by atoms with van der Waals surface area (Å²) < 4.78 is 5.05. The van der Waals surface area contributed by atoms with Crippen LogP contribution < -0.4 is 10.5 Å². The Morgan fingerprint density at radius 3 is 2.75 bits per heavy atom. The molecule has 5 nitrogen and oxygen atoms in total. The number of phenolic OH excluding ortho intramolecular Hbond substituents is 1. The number of methoxy groups -OCH3 is 1. The van der Waals surface area contributed by atoms with Gasteiger partial charge in [-0.25, -0.2) is 0 Å². The molecule has 1 aromatic heterocycles. The lowest BCUT2D eigenvalue weighted by molar-refractivity contribution is 0.374. The van der Waals surface area contributed by atoms with Crippen LogP contribution in [0.3, 0.4) is 0 Å². The van der Waals surface area contributed by atoms with E-state index in [1.165, 1.54) is 7.11 Å². The highest BCUT2D eigenvalue weighted by Crippen LogP contribution is 2.38. The molecule has 1 aromatic carbocycles. The van der Waals surface area contributed by atoms with E-state index in [-0.39, 0.29) is 5.75 Å². The molecule has 0 aliphatic heterocycles. The van der Waals surface area contributed by atoms with E-state index >= 15 is 0 Å². The number of benzene rings is 1. The Hall–Kier alpha value is -2.17. The van der Waals surface area contributed by atoms with Crippen molar-refractivity contribution in [3.05, 3.63) is 23.8 Å². The number of rotatable bonds is 2. The number of aromatic amines is 1. The normalized spacial score (nSPS) is 10.4. The molecule has 16 heavy (non-hydrogen) atoms. The van der Waals surface area contributed by atoms with Crippen LogP contribution in [0.25, 0.3) is 11.3 Å². The van der Waals surface area contributed by atoms with E-state index in [9.17, 15) is 5.11 Å². The Labute approximate surface area is 92.9 Å². The molecule has 0 radical (unpaired) electrons. The highest BCUT2D eigenvalue weighted by Gasteiger charge is 2.14. The Morgan fingerprint density at radius 2 is 2.19 bits per heavy atom. The van der Waals surface area contributed by atoms with Gasteiger partial charge in [0.15, 0.2) is 11.5 Å². The summed E-state index contributed by atoms with van der Waals surface area (Å²) in [6.45, 7) is 1.89. The number of ether oxygens (including phenoxy) is 1. The number of anilines is 1. The van der Waals surface area contributed by atoms with Crippen molar-refractivity contribution in [1.29, 1.82) is 0 Å². The van der Waals surface area contributed by atoms with E-state index in [4.69, 9.17) is 10.5 Å². The first-order chi connectivity index (χ1) is 7.63. The van der Waals surface area contributed by atoms with Gasteiger partial charge >= 0.3 is 0 Å². The van der Waals surface area contributed by atoms with Gasteiger partial charge in [-0.15, -0.1) is 0 Å². The number of nitrogens with zero attached hydrogens (tertiary/aromatic N) is 1. The van der Waals surface area contributed by atoms with Gasteiger partial charge in [0.25, 0.3) is 0 Å². The maximum atomic E-state index is 10.0. The van der Waals surface area contributed by atoms with Crippen molar-refractivity contribution in [1.82, 2.24) is 10.2 Å². The second kappa shape index (κ2) is 3.77. The van der Waals surface area contributed by atoms with Gasteiger partial charge < -0.3 is 15.6 Å². The number of nitrogen functional groups attached to an aromatic ring is 1. The Morgan fingerprint density at radius 1 is 1.44 bits per heavy atom. The number of H-pyrrole nitrogens is 1. The van der Waals surface area contributed by atoms with E-state index in [0.717, 1.165) is 5.56 Å². The molecule has 5 heteroatoms. The summed E-state index contributed by atoms with van der Waals surface area (Å²) in [5.74, 6) is 0.900. The average molecular weight is 219 g/mol. The molecule has 0 amide bonds. The third kappa shape index (κ3) is 1.56. The number of hydrogen-bond donors (Lipinski definition) is 3. The van der Waals surface area contributed by atoms with Crippen molar-refractivity contribution in [2.45, 2.75) is 6.92 Å². The van der Waals surface area contributed by atoms with Crippen LogP contribution in [-0.4, -0.2) is 22.4 Å². The zero-order valence-electron chi connectivity index (χ0n) is 9.11. The first-order valence-corrected chi connectivity index (χ1v) is 4.81. The number of aromatic hydroxyl groups is 1. The summed E-state index contributed by atoms with van der Waals surface area (Å²) in [6.07, 6.45) is 0. The minimum atomic E-state index is 0.0890. The van der Waals surface area contributed by atoms with Crippen LogP contribution in [0.5, 0.6) is 11.5 Å². The zero-order valence-corrected chi connectivity index (χ0v) is 9.11. The van der Waals surface area contributed by atoms with Crippen molar-refractivity contribution in [2.24, 2.45) is 0 Å². The highest BCUT2D eigenvalue weighted by molar-refractivity contribution is 5.75. The van der Waals surface area contributed by atoms with Gasteiger partial charge in [-0.05, 0) is 18.6 Å². The highest BCUT2D eigenvalue weighted by atomic mass is 16.5. The summed E-state index contributed by atoms with van der Waals surface area (Å²) in [6, 6.07) is 5.25.